The van der Waals surface area contributed by atoms with Crippen molar-refractivity contribution in [3.8, 4) is 0 Å². The molecule has 1 aliphatic rings. The maximum atomic E-state index is 4.51. The molecule has 2 rings (SSSR count). The molecule has 1 radical (unpaired) electrons. The van der Waals surface area contributed by atoms with Crippen LogP contribution in [0.2, 0.25) is 0 Å². The summed E-state index contributed by atoms with van der Waals surface area (Å²) < 4.78 is 0. The zero-order valence-electron chi connectivity index (χ0n) is 10.8. The van der Waals surface area contributed by atoms with Crippen LogP contribution in [0.1, 0.15) is 44.1 Å². The maximum absolute atomic E-state index is 4.51. The smallest absolute Gasteiger partial charge is 0.0161 e. The Kier molecular flexibility index (Phi) is 5.57. The van der Waals surface area contributed by atoms with Crippen molar-refractivity contribution >= 4 is 0 Å². The van der Waals surface area contributed by atoms with Crippen molar-refractivity contribution in [1.82, 2.24) is 5.32 Å². The minimum absolute atomic E-state index is 0.903. The van der Waals surface area contributed by atoms with Crippen LogP contribution in [0, 0.1) is 5.92 Å². The Hall–Kier alpha value is -0.820. The zero-order chi connectivity index (χ0) is 11.8. The molecule has 1 nitrogen and oxygen atoms in total. The summed E-state index contributed by atoms with van der Waals surface area (Å²) >= 11 is 0. The molecule has 17 heavy (non-hydrogen) atoms. The quantitative estimate of drug-likeness (QED) is 0.660. The van der Waals surface area contributed by atoms with Crippen molar-refractivity contribution in [2.24, 2.45) is 5.92 Å². The van der Waals surface area contributed by atoms with Gasteiger partial charge < -0.3 is 0 Å². The highest BCUT2D eigenvalue weighted by Gasteiger charge is 2.12. The third-order valence-electron chi connectivity index (χ3n) is 3.74. The molecule has 1 aliphatic heterocycles. The number of unbranched alkanes of at least 4 members (excludes halogenated alkanes) is 2. The van der Waals surface area contributed by atoms with Gasteiger partial charge in [0.1, 0.15) is 0 Å². The zero-order valence-corrected chi connectivity index (χ0v) is 10.8. The topological polar surface area (TPSA) is 14.1 Å². The van der Waals surface area contributed by atoms with Gasteiger partial charge in [0.15, 0.2) is 0 Å². The van der Waals surface area contributed by atoms with Gasteiger partial charge in [0.05, 0.1) is 0 Å². The summed E-state index contributed by atoms with van der Waals surface area (Å²) in [4.78, 5) is 0. The van der Waals surface area contributed by atoms with Gasteiger partial charge >= 0.3 is 0 Å². The molecule has 1 heterocycles. The molecule has 0 saturated carbocycles. The molecule has 1 aromatic carbocycles. The largest absolute Gasteiger partial charge is 0.242 e. The maximum Gasteiger partial charge on any atom is 0.0161 e. The van der Waals surface area contributed by atoms with E-state index in [0.29, 0.717) is 0 Å². The molecular weight excluding hydrogens is 206 g/mol. The number of rotatable bonds is 6. The van der Waals surface area contributed by atoms with E-state index in [1.54, 1.807) is 0 Å². The van der Waals surface area contributed by atoms with E-state index in [1.165, 1.54) is 50.5 Å². The first-order chi connectivity index (χ1) is 8.45. The summed E-state index contributed by atoms with van der Waals surface area (Å²) in [6.45, 7) is 2.25. The fourth-order valence-corrected chi connectivity index (χ4v) is 2.68. The SMILES string of the molecule is c1ccc(CCCCCC2CCC[N]C2)cc1. The van der Waals surface area contributed by atoms with Crippen LogP contribution in [0.4, 0.5) is 0 Å². The molecule has 1 heteroatoms. The molecule has 1 aromatic rings. The van der Waals surface area contributed by atoms with Gasteiger partial charge in [0, 0.05) is 13.1 Å². The van der Waals surface area contributed by atoms with E-state index in [4.69, 9.17) is 0 Å². The molecule has 0 aromatic heterocycles. The van der Waals surface area contributed by atoms with Gasteiger partial charge in [0.2, 0.25) is 0 Å². The van der Waals surface area contributed by atoms with Crippen LogP contribution in [0.5, 0.6) is 0 Å². The number of nitrogens with zero attached hydrogens (tertiary/aromatic N) is 1. The van der Waals surface area contributed by atoms with Gasteiger partial charge in [-0.3, -0.25) is 0 Å². The van der Waals surface area contributed by atoms with Crippen LogP contribution in [0.25, 0.3) is 0 Å². The summed E-state index contributed by atoms with van der Waals surface area (Å²) in [6, 6.07) is 10.8. The fourth-order valence-electron chi connectivity index (χ4n) is 2.68. The average molecular weight is 230 g/mol. The Morgan fingerprint density at radius 1 is 1.06 bits per heavy atom. The minimum Gasteiger partial charge on any atom is -0.242 e. The predicted octanol–water partition coefficient (Wildman–Crippen LogP) is 3.80. The second kappa shape index (κ2) is 7.50. The number of benzene rings is 1. The number of piperidine rings is 1. The Morgan fingerprint density at radius 2 is 1.94 bits per heavy atom. The highest BCUT2D eigenvalue weighted by atomic mass is 14.9. The minimum atomic E-state index is 0.903. The third-order valence-corrected chi connectivity index (χ3v) is 3.74. The fraction of sp³-hybridized carbons (Fsp3) is 0.625. The Labute approximate surface area is 106 Å². The van der Waals surface area contributed by atoms with Crippen molar-refractivity contribution in [3.63, 3.8) is 0 Å². The molecule has 93 valence electrons. The molecule has 1 unspecified atom stereocenters. The lowest BCUT2D eigenvalue weighted by molar-refractivity contribution is 0.342. The predicted molar refractivity (Wildman–Crippen MR) is 73.2 cm³/mol. The van der Waals surface area contributed by atoms with E-state index in [2.05, 4.69) is 35.6 Å². The first kappa shape index (κ1) is 12.6. The van der Waals surface area contributed by atoms with Crippen LogP contribution in [0.3, 0.4) is 0 Å². The normalized spacial score (nSPS) is 20.4. The summed E-state index contributed by atoms with van der Waals surface area (Å²) in [6.07, 6.45) is 9.51. The van der Waals surface area contributed by atoms with E-state index < -0.39 is 0 Å². The van der Waals surface area contributed by atoms with Crippen LogP contribution < -0.4 is 5.32 Å². The standard InChI is InChI=1S/C16H24N/c1-3-8-15(9-4-1)10-5-2-6-11-16-12-7-13-17-14-16/h1,3-4,8-9,16H,2,5-7,10-14H2. The van der Waals surface area contributed by atoms with Crippen molar-refractivity contribution in [2.45, 2.75) is 44.9 Å². The lowest BCUT2D eigenvalue weighted by Crippen LogP contribution is -2.24. The van der Waals surface area contributed by atoms with Crippen LogP contribution in [-0.2, 0) is 6.42 Å². The summed E-state index contributed by atoms with van der Waals surface area (Å²) in [7, 11) is 0. The number of hydrogen-bond donors (Lipinski definition) is 0. The highest BCUT2D eigenvalue weighted by Crippen LogP contribution is 2.18. The van der Waals surface area contributed by atoms with E-state index in [0.717, 1.165) is 19.0 Å². The van der Waals surface area contributed by atoms with Gasteiger partial charge in [-0.2, -0.15) is 0 Å². The molecule has 1 fully saturated rings. The van der Waals surface area contributed by atoms with Crippen molar-refractivity contribution < 1.29 is 0 Å². The molecule has 1 atom stereocenters. The van der Waals surface area contributed by atoms with Crippen LogP contribution in [-0.4, -0.2) is 13.1 Å². The molecule has 0 bridgehead atoms. The summed E-state index contributed by atoms with van der Waals surface area (Å²) in [5, 5.41) is 4.51. The highest BCUT2D eigenvalue weighted by molar-refractivity contribution is 5.14. The van der Waals surface area contributed by atoms with Gasteiger partial charge in [-0.1, -0.05) is 43.2 Å². The second-order valence-electron chi connectivity index (χ2n) is 5.22. The Bertz CT molecular complexity index is 288. The number of aryl methyl sites for hydroxylation is 1. The molecule has 0 N–H and O–H groups in total. The van der Waals surface area contributed by atoms with Crippen molar-refractivity contribution in [1.29, 1.82) is 0 Å². The summed E-state index contributed by atoms with van der Waals surface area (Å²) in [5.41, 5.74) is 1.49. The monoisotopic (exact) mass is 230 g/mol. The van der Waals surface area contributed by atoms with Gasteiger partial charge in [0.25, 0.3) is 0 Å². The van der Waals surface area contributed by atoms with Crippen molar-refractivity contribution in [2.75, 3.05) is 13.1 Å². The molecule has 0 aliphatic carbocycles. The molecule has 0 amide bonds. The third kappa shape index (κ3) is 4.91. The lowest BCUT2D eigenvalue weighted by atomic mass is 9.93. The average Bonchev–Trinajstić information content (AvgIpc) is 2.41. The Morgan fingerprint density at radius 3 is 2.71 bits per heavy atom. The van der Waals surface area contributed by atoms with Gasteiger partial charge in [-0.15, -0.1) is 0 Å². The van der Waals surface area contributed by atoms with E-state index in [1.807, 2.05) is 0 Å². The second-order valence-corrected chi connectivity index (χ2v) is 5.22. The van der Waals surface area contributed by atoms with Crippen molar-refractivity contribution in [3.05, 3.63) is 35.9 Å². The first-order valence-electron chi connectivity index (χ1n) is 7.12. The summed E-state index contributed by atoms with van der Waals surface area (Å²) in [5.74, 6) is 0.903. The molecular formula is C16H24N. The van der Waals surface area contributed by atoms with Gasteiger partial charge in [-0.25, -0.2) is 5.32 Å². The Balaban J connectivity index is 1.51. The molecule has 0 spiro atoms. The van der Waals surface area contributed by atoms with E-state index >= 15 is 0 Å². The van der Waals surface area contributed by atoms with E-state index in [-0.39, 0.29) is 0 Å². The lowest BCUT2D eigenvalue weighted by Gasteiger charge is -2.21. The van der Waals surface area contributed by atoms with Crippen LogP contribution >= 0.6 is 0 Å². The van der Waals surface area contributed by atoms with Crippen LogP contribution in [0.15, 0.2) is 30.3 Å². The van der Waals surface area contributed by atoms with Gasteiger partial charge in [-0.05, 0) is 43.6 Å². The molecule has 1 saturated heterocycles. The number of hydrogen-bond acceptors (Lipinski definition) is 0. The first-order valence-corrected chi connectivity index (χ1v) is 7.12. The van der Waals surface area contributed by atoms with E-state index in [9.17, 15) is 0 Å².